The number of urea groups is 1. The molecule has 0 saturated heterocycles. The van der Waals surface area contributed by atoms with Crippen LogP contribution >= 0.6 is 0 Å². The van der Waals surface area contributed by atoms with E-state index in [0.29, 0.717) is 35.8 Å². The van der Waals surface area contributed by atoms with E-state index in [0.717, 1.165) is 19.5 Å². The molecule has 196 valence electrons. The van der Waals surface area contributed by atoms with Crippen LogP contribution in [0.4, 0.5) is 20.6 Å². The topological polar surface area (TPSA) is 83.1 Å². The van der Waals surface area contributed by atoms with Gasteiger partial charge in [-0.25, -0.2) is 9.18 Å². The fraction of sp³-hybridized carbons (Fsp3) is 0.481. The Kier molecular flexibility index (Phi) is 9.66. The van der Waals surface area contributed by atoms with Gasteiger partial charge in [0.05, 0.1) is 11.7 Å². The molecule has 3 rings (SSSR count). The van der Waals surface area contributed by atoms with Gasteiger partial charge in [-0.15, -0.1) is 0 Å². The highest BCUT2D eigenvalue weighted by atomic mass is 19.1. The van der Waals surface area contributed by atoms with Gasteiger partial charge in [0.15, 0.2) is 0 Å². The van der Waals surface area contributed by atoms with Gasteiger partial charge in [-0.3, -0.25) is 9.69 Å². The van der Waals surface area contributed by atoms with Crippen molar-refractivity contribution in [2.75, 3.05) is 51.0 Å². The standard InChI is InChI=1S/C27H37FN4O4/c1-6-12-32-15-18(2)25(35-5)16-31(4)26(33)23-14-22(10-11-24(23)36-17-19(32)3)30-27(34)29-21-9-7-8-20(28)13-21/h7-11,13-14,18-19,25H,6,12,15-17H2,1-5H3,(H2,29,30,34)/t18-,19+,25-/m0/s1. The van der Waals surface area contributed by atoms with Crippen molar-refractivity contribution in [1.29, 1.82) is 0 Å². The van der Waals surface area contributed by atoms with Gasteiger partial charge in [-0.2, -0.15) is 0 Å². The quantitative estimate of drug-likeness (QED) is 0.623. The predicted octanol–water partition coefficient (Wildman–Crippen LogP) is 4.69. The smallest absolute Gasteiger partial charge is 0.323 e. The van der Waals surface area contributed by atoms with Gasteiger partial charge in [0.1, 0.15) is 18.2 Å². The minimum atomic E-state index is -0.549. The van der Waals surface area contributed by atoms with E-state index in [-0.39, 0.29) is 24.0 Å². The predicted molar refractivity (Wildman–Crippen MR) is 139 cm³/mol. The highest BCUT2D eigenvalue weighted by molar-refractivity contribution is 6.02. The summed E-state index contributed by atoms with van der Waals surface area (Å²) in [6.07, 6.45) is 0.892. The van der Waals surface area contributed by atoms with Gasteiger partial charge in [0.25, 0.3) is 5.91 Å². The lowest BCUT2D eigenvalue weighted by molar-refractivity contribution is 0.0108. The second-order valence-corrected chi connectivity index (χ2v) is 9.39. The van der Waals surface area contributed by atoms with E-state index in [1.807, 2.05) is 0 Å². The molecule has 8 nitrogen and oxygen atoms in total. The number of hydrogen-bond acceptors (Lipinski definition) is 5. The maximum Gasteiger partial charge on any atom is 0.323 e. The van der Waals surface area contributed by atoms with Crippen LogP contribution in [-0.2, 0) is 4.74 Å². The Labute approximate surface area is 212 Å². The number of benzene rings is 2. The SMILES string of the molecule is CCCN1C[C@H](C)[C@@H](OC)CN(C)C(=O)c2cc(NC(=O)Nc3cccc(F)c3)ccc2OC[C@H]1C. The summed E-state index contributed by atoms with van der Waals surface area (Å²) in [5.41, 5.74) is 1.08. The number of carbonyl (C=O) groups excluding carboxylic acids is 2. The Balaban J connectivity index is 1.86. The third kappa shape index (κ3) is 7.18. The molecule has 0 saturated carbocycles. The number of nitrogens with one attached hydrogen (secondary N) is 2. The van der Waals surface area contributed by atoms with Gasteiger partial charge in [-0.05, 0) is 62.2 Å². The number of halogens is 1. The Morgan fingerprint density at radius 3 is 2.53 bits per heavy atom. The van der Waals surface area contributed by atoms with Crippen LogP contribution in [0.25, 0.3) is 0 Å². The molecule has 2 N–H and O–H groups in total. The molecular formula is C27H37FN4O4. The van der Waals surface area contributed by atoms with E-state index in [1.165, 1.54) is 18.2 Å². The number of fused-ring (bicyclic) bond motifs is 1. The number of ether oxygens (including phenoxy) is 2. The molecule has 0 spiro atoms. The summed E-state index contributed by atoms with van der Waals surface area (Å²) >= 11 is 0. The van der Waals surface area contributed by atoms with Crippen molar-refractivity contribution in [1.82, 2.24) is 9.80 Å². The van der Waals surface area contributed by atoms with E-state index in [2.05, 4.69) is 36.3 Å². The van der Waals surface area contributed by atoms with Crippen LogP contribution < -0.4 is 15.4 Å². The summed E-state index contributed by atoms with van der Waals surface area (Å²) in [6, 6.07) is 10.2. The summed E-state index contributed by atoms with van der Waals surface area (Å²) in [5.74, 6) is -0.0210. The molecule has 0 aromatic heterocycles. The molecule has 0 bridgehead atoms. The highest BCUT2D eigenvalue weighted by Gasteiger charge is 2.28. The monoisotopic (exact) mass is 500 g/mol. The van der Waals surface area contributed by atoms with E-state index in [4.69, 9.17) is 9.47 Å². The second-order valence-electron chi connectivity index (χ2n) is 9.39. The van der Waals surface area contributed by atoms with E-state index < -0.39 is 11.8 Å². The molecule has 36 heavy (non-hydrogen) atoms. The summed E-state index contributed by atoms with van der Waals surface area (Å²) < 4.78 is 25.3. The van der Waals surface area contributed by atoms with Gasteiger partial charge in [0, 0.05) is 44.7 Å². The number of hydrogen-bond donors (Lipinski definition) is 2. The summed E-state index contributed by atoms with van der Waals surface area (Å²) in [6.45, 7) is 9.04. The third-order valence-electron chi connectivity index (χ3n) is 6.42. The van der Waals surface area contributed by atoms with Crippen LogP contribution in [0.15, 0.2) is 42.5 Å². The molecule has 1 aliphatic rings. The first kappa shape index (κ1) is 27.4. The number of methoxy groups -OCH3 is 1. The van der Waals surface area contributed by atoms with Crippen molar-refractivity contribution < 1.29 is 23.5 Å². The maximum absolute atomic E-state index is 13.4. The largest absolute Gasteiger partial charge is 0.491 e. The van der Waals surface area contributed by atoms with Gasteiger partial charge in [0.2, 0.25) is 0 Å². The Morgan fingerprint density at radius 1 is 1.14 bits per heavy atom. The van der Waals surface area contributed by atoms with Crippen LogP contribution in [0.3, 0.4) is 0 Å². The van der Waals surface area contributed by atoms with Crippen molar-refractivity contribution in [2.45, 2.75) is 39.3 Å². The van der Waals surface area contributed by atoms with Crippen molar-refractivity contribution in [3.05, 3.63) is 53.8 Å². The molecule has 0 fully saturated rings. The highest BCUT2D eigenvalue weighted by Crippen LogP contribution is 2.26. The van der Waals surface area contributed by atoms with E-state index >= 15 is 0 Å². The molecule has 1 aliphatic heterocycles. The van der Waals surface area contributed by atoms with Gasteiger partial charge >= 0.3 is 6.03 Å². The average molecular weight is 501 g/mol. The number of rotatable bonds is 5. The third-order valence-corrected chi connectivity index (χ3v) is 6.42. The Hall–Kier alpha value is -3.17. The molecule has 3 atom stereocenters. The molecule has 2 aromatic carbocycles. The fourth-order valence-corrected chi connectivity index (χ4v) is 4.39. The number of nitrogens with zero attached hydrogens (tertiary/aromatic N) is 2. The summed E-state index contributed by atoms with van der Waals surface area (Å²) in [5, 5.41) is 5.30. The van der Waals surface area contributed by atoms with Crippen molar-refractivity contribution in [2.24, 2.45) is 5.92 Å². The first-order valence-electron chi connectivity index (χ1n) is 12.3. The summed E-state index contributed by atoms with van der Waals surface area (Å²) in [4.78, 5) is 29.9. The Bertz CT molecular complexity index is 1050. The van der Waals surface area contributed by atoms with Crippen molar-refractivity contribution in [3.63, 3.8) is 0 Å². The lowest BCUT2D eigenvalue weighted by atomic mass is 10.0. The maximum atomic E-state index is 13.4. The van der Waals surface area contributed by atoms with Crippen molar-refractivity contribution >= 4 is 23.3 Å². The van der Waals surface area contributed by atoms with Gasteiger partial charge < -0.3 is 25.0 Å². The molecule has 0 radical (unpaired) electrons. The zero-order valence-corrected chi connectivity index (χ0v) is 21.7. The van der Waals surface area contributed by atoms with Crippen LogP contribution in [0.2, 0.25) is 0 Å². The zero-order chi connectivity index (χ0) is 26.2. The second kappa shape index (κ2) is 12.7. The van der Waals surface area contributed by atoms with Crippen LogP contribution in [0.1, 0.15) is 37.6 Å². The first-order valence-corrected chi connectivity index (χ1v) is 12.3. The number of anilines is 2. The number of likely N-dealkylation sites (N-methyl/N-ethyl adjacent to an activating group) is 1. The first-order chi connectivity index (χ1) is 17.2. The van der Waals surface area contributed by atoms with Gasteiger partial charge in [-0.1, -0.05) is 19.9 Å². The van der Waals surface area contributed by atoms with E-state index in [9.17, 15) is 14.0 Å². The lowest BCUT2D eigenvalue weighted by Crippen LogP contribution is -2.46. The average Bonchev–Trinajstić information content (AvgIpc) is 2.84. The molecular weight excluding hydrogens is 463 g/mol. The van der Waals surface area contributed by atoms with Crippen LogP contribution in [-0.4, -0.2) is 74.3 Å². The number of carbonyl (C=O) groups is 2. The zero-order valence-electron chi connectivity index (χ0n) is 21.7. The van der Waals surface area contributed by atoms with Crippen molar-refractivity contribution in [3.8, 4) is 5.75 Å². The molecule has 3 amide bonds. The lowest BCUT2D eigenvalue weighted by Gasteiger charge is -2.35. The minimum absolute atomic E-state index is 0.132. The molecule has 1 heterocycles. The molecule has 9 heteroatoms. The summed E-state index contributed by atoms with van der Waals surface area (Å²) in [7, 11) is 3.41. The molecule has 0 unspecified atom stereocenters. The molecule has 0 aliphatic carbocycles. The van der Waals surface area contributed by atoms with E-state index in [1.54, 1.807) is 43.3 Å². The van der Waals surface area contributed by atoms with Crippen LogP contribution in [0.5, 0.6) is 5.75 Å². The Morgan fingerprint density at radius 2 is 1.86 bits per heavy atom. The fourth-order valence-electron chi connectivity index (χ4n) is 4.39. The minimum Gasteiger partial charge on any atom is -0.491 e. The molecule has 2 aromatic rings. The normalized spacial score (nSPS) is 21.6. The number of amides is 3. The van der Waals surface area contributed by atoms with Crippen LogP contribution in [0, 0.1) is 11.7 Å².